The van der Waals surface area contributed by atoms with Crippen LogP contribution in [0.1, 0.15) is 12.8 Å². The van der Waals surface area contributed by atoms with E-state index < -0.39 is 0 Å². The largest absolute Gasteiger partial charge is 0.382 e. The standard InChI is InChI=1S/C14H15ClFN/c15-12-3-4-13(16)14(7-12)17-8-11-6-9-1-2-10(11)5-9/h1-4,7,9-11,17H,5-6,8H2. The number of hydrogen-bond donors (Lipinski definition) is 1. The summed E-state index contributed by atoms with van der Waals surface area (Å²) in [5.74, 6) is 1.86. The predicted molar refractivity (Wildman–Crippen MR) is 68.7 cm³/mol. The van der Waals surface area contributed by atoms with Crippen LogP contribution in [0.25, 0.3) is 0 Å². The number of benzene rings is 1. The molecule has 3 heteroatoms. The average Bonchev–Trinajstić information content (AvgIpc) is 2.92. The van der Waals surface area contributed by atoms with Crippen molar-refractivity contribution >= 4 is 17.3 Å². The molecule has 3 rings (SSSR count). The lowest BCUT2D eigenvalue weighted by atomic mass is 9.93. The maximum Gasteiger partial charge on any atom is 0.146 e. The lowest BCUT2D eigenvalue weighted by Crippen LogP contribution is -2.18. The molecule has 2 aliphatic rings. The van der Waals surface area contributed by atoms with Crippen molar-refractivity contribution in [3.05, 3.63) is 41.2 Å². The van der Waals surface area contributed by atoms with E-state index in [0.717, 1.165) is 12.5 Å². The molecule has 0 heterocycles. The van der Waals surface area contributed by atoms with E-state index in [-0.39, 0.29) is 5.82 Å². The van der Waals surface area contributed by atoms with Crippen molar-refractivity contribution in [3.8, 4) is 0 Å². The maximum atomic E-state index is 13.5. The summed E-state index contributed by atoms with van der Waals surface area (Å²) in [6, 6.07) is 4.63. The second kappa shape index (κ2) is 4.34. The molecule has 2 bridgehead atoms. The molecule has 3 unspecified atom stereocenters. The number of hydrogen-bond acceptors (Lipinski definition) is 1. The fraction of sp³-hybridized carbons (Fsp3) is 0.429. The van der Waals surface area contributed by atoms with E-state index in [9.17, 15) is 4.39 Å². The first-order valence-electron chi connectivity index (χ1n) is 6.09. The topological polar surface area (TPSA) is 12.0 Å². The van der Waals surface area contributed by atoms with Crippen molar-refractivity contribution in [3.63, 3.8) is 0 Å². The fourth-order valence-corrected chi connectivity index (χ4v) is 3.18. The number of allylic oxidation sites excluding steroid dienone is 2. The van der Waals surface area contributed by atoms with Crippen molar-refractivity contribution in [1.29, 1.82) is 0 Å². The van der Waals surface area contributed by atoms with Crippen LogP contribution in [-0.4, -0.2) is 6.54 Å². The number of nitrogens with one attached hydrogen (secondary N) is 1. The van der Waals surface area contributed by atoms with Crippen LogP contribution in [0.15, 0.2) is 30.4 Å². The number of anilines is 1. The highest BCUT2D eigenvalue weighted by molar-refractivity contribution is 6.30. The van der Waals surface area contributed by atoms with Gasteiger partial charge in [0, 0.05) is 11.6 Å². The Bertz CT molecular complexity index is 458. The van der Waals surface area contributed by atoms with E-state index in [1.807, 2.05) is 0 Å². The summed E-state index contributed by atoms with van der Waals surface area (Å²) in [4.78, 5) is 0. The first-order valence-corrected chi connectivity index (χ1v) is 6.47. The molecule has 1 aromatic rings. The van der Waals surface area contributed by atoms with Gasteiger partial charge in [0.25, 0.3) is 0 Å². The van der Waals surface area contributed by atoms with Gasteiger partial charge in [-0.3, -0.25) is 0 Å². The Morgan fingerprint density at radius 3 is 2.88 bits per heavy atom. The normalized spacial score (nSPS) is 29.9. The number of fused-ring (bicyclic) bond motifs is 2. The summed E-state index contributed by atoms with van der Waals surface area (Å²) in [5.41, 5.74) is 0.518. The van der Waals surface area contributed by atoms with E-state index in [0.29, 0.717) is 22.5 Å². The molecule has 0 aliphatic heterocycles. The molecule has 0 aromatic heterocycles. The van der Waals surface area contributed by atoms with Crippen LogP contribution >= 0.6 is 11.6 Å². The molecule has 2 aliphatic carbocycles. The molecule has 0 amide bonds. The van der Waals surface area contributed by atoms with Gasteiger partial charge in [0.15, 0.2) is 0 Å². The Balaban J connectivity index is 1.64. The summed E-state index contributed by atoms with van der Waals surface area (Å²) in [6.07, 6.45) is 7.15. The third kappa shape index (κ3) is 2.19. The van der Waals surface area contributed by atoms with Crippen LogP contribution in [0.4, 0.5) is 10.1 Å². The minimum absolute atomic E-state index is 0.229. The first kappa shape index (κ1) is 11.1. The third-order valence-corrected chi connectivity index (χ3v) is 4.13. The molecule has 1 N–H and O–H groups in total. The van der Waals surface area contributed by atoms with Gasteiger partial charge in [0.1, 0.15) is 5.82 Å². The van der Waals surface area contributed by atoms with E-state index in [2.05, 4.69) is 17.5 Å². The van der Waals surface area contributed by atoms with E-state index >= 15 is 0 Å². The zero-order valence-electron chi connectivity index (χ0n) is 9.50. The van der Waals surface area contributed by atoms with Gasteiger partial charge in [0.05, 0.1) is 5.69 Å². The summed E-state index contributed by atoms with van der Waals surface area (Å²) < 4.78 is 13.5. The highest BCUT2D eigenvalue weighted by Crippen LogP contribution is 2.43. The van der Waals surface area contributed by atoms with Crippen LogP contribution in [0.2, 0.25) is 5.02 Å². The molecule has 1 saturated carbocycles. The van der Waals surface area contributed by atoms with Gasteiger partial charge in [-0.15, -0.1) is 0 Å². The van der Waals surface area contributed by atoms with E-state index in [1.54, 1.807) is 12.1 Å². The molecule has 90 valence electrons. The zero-order valence-corrected chi connectivity index (χ0v) is 10.3. The van der Waals surface area contributed by atoms with Crippen molar-refractivity contribution in [1.82, 2.24) is 0 Å². The van der Waals surface area contributed by atoms with Gasteiger partial charge in [-0.25, -0.2) is 4.39 Å². The van der Waals surface area contributed by atoms with Gasteiger partial charge in [-0.1, -0.05) is 23.8 Å². The van der Waals surface area contributed by atoms with Crippen LogP contribution in [0.5, 0.6) is 0 Å². The molecule has 1 nitrogen and oxygen atoms in total. The summed E-state index contributed by atoms with van der Waals surface area (Å²) in [5, 5.41) is 3.76. The number of halogens is 2. The molecule has 3 atom stereocenters. The minimum atomic E-state index is -0.229. The van der Waals surface area contributed by atoms with Crippen molar-refractivity contribution in [2.24, 2.45) is 17.8 Å². The van der Waals surface area contributed by atoms with Gasteiger partial charge >= 0.3 is 0 Å². The van der Waals surface area contributed by atoms with E-state index in [1.165, 1.54) is 18.9 Å². The Morgan fingerprint density at radius 2 is 2.18 bits per heavy atom. The monoisotopic (exact) mass is 251 g/mol. The van der Waals surface area contributed by atoms with Gasteiger partial charge in [-0.2, -0.15) is 0 Å². The predicted octanol–water partition coefficient (Wildman–Crippen LogP) is 4.10. The molecule has 1 fully saturated rings. The number of rotatable bonds is 3. The Morgan fingerprint density at radius 1 is 1.29 bits per heavy atom. The quantitative estimate of drug-likeness (QED) is 0.798. The van der Waals surface area contributed by atoms with Crippen LogP contribution in [0.3, 0.4) is 0 Å². The molecule has 0 radical (unpaired) electrons. The lowest BCUT2D eigenvalue weighted by molar-refractivity contribution is 0.470. The molecule has 17 heavy (non-hydrogen) atoms. The second-order valence-electron chi connectivity index (χ2n) is 5.05. The molecule has 1 aromatic carbocycles. The second-order valence-corrected chi connectivity index (χ2v) is 5.48. The SMILES string of the molecule is Fc1ccc(Cl)cc1NCC1CC2C=CC1C2. The van der Waals surface area contributed by atoms with Crippen molar-refractivity contribution in [2.75, 3.05) is 11.9 Å². The maximum absolute atomic E-state index is 13.5. The van der Waals surface area contributed by atoms with Crippen LogP contribution in [-0.2, 0) is 0 Å². The Kier molecular flexibility index (Phi) is 2.83. The summed E-state index contributed by atoms with van der Waals surface area (Å²) in [7, 11) is 0. The van der Waals surface area contributed by atoms with Gasteiger partial charge in [0.2, 0.25) is 0 Å². The van der Waals surface area contributed by atoms with E-state index in [4.69, 9.17) is 11.6 Å². The summed E-state index contributed by atoms with van der Waals surface area (Å²) >= 11 is 5.86. The Labute approximate surface area is 106 Å². The zero-order chi connectivity index (χ0) is 11.8. The fourth-order valence-electron chi connectivity index (χ4n) is 3.00. The first-order chi connectivity index (χ1) is 8.22. The van der Waals surface area contributed by atoms with Crippen molar-refractivity contribution in [2.45, 2.75) is 12.8 Å². The Hall–Kier alpha value is -1.02. The molecule has 0 saturated heterocycles. The highest BCUT2D eigenvalue weighted by Gasteiger charge is 2.35. The highest BCUT2D eigenvalue weighted by atomic mass is 35.5. The van der Waals surface area contributed by atoms with Crippen molar-refractivity contribution < 1.29 is 4.39 Å². The average molecular weight is 252 g/mol. The molecular weight excluding hydrogens is 237 g/mol. The smallest absolute Gasteiger partial charge is 0.146 e. The lowest BCUT2D eigenvalue weighted by Gasteiger charge is -2.19. The molecular formula is C14H15ClFN. The summed E-state index contributed by atoms with van der Waals surface area (Å²) in [6.45, 7) is 0.836. The van der Waals surface area contributed by atoms with Crippen LogP contribution < -0.4 is 5.32 Å². The van der Waals surface area contributed by atoms with Crippen LogP contribution in [0, 0.1) is 23.6 Å². The molecule has 0 spiro atoms. The third-order valence-electron chi connectivity index (χ3n) is 3.90. The van der Waals surface area contributed by atoms with Gasteiger partial charge in [-0.05, 0) is 48.8 Å². The van der Waals surface area contributed by atoms with Gasteiger partial charge < -0.3 is 5.32 Å². The minimum Gasteiger partial charge on any atom is -0.382 e.